The van der Waals surface area contributed by atoms with Gasteiger partial charge in [-0.2, -0.15) is 0 Å². The molecule has 9 aromatic rings. The van der Waals surface area contributed by atoms with Gasteiger partial charge in [-0.1, -0.05) is 182 Å². The number of rotatable bonds is 6. The molecule has 254 valence electrons. The lowest BCUT2D eigenvalue weighted by atomic mass is 9.62. The highest BCUT2D eigenvalue weighted by Gasteiger charge is 2.46. The Kier molecular flexibility index (Phi) is 7.70. The predicted octanol–water partition coefficient (Wildman–Crippen LogP) is 12.8. The number of ether oxygens (including phenoxy) is 1. The van der Waals surface area contributed by atoms with Gasteiger partial charge in [0.2, 0.25) is 0 Å². The van der Waals surface area contributed by atoms with Crippen molar-refractivity contribution in [1.82, 2.24) is 9.97 Å². The summed E-state index contributed by atoms with van der Waals surface area (Å²) in [5.41, 5.74) is 11.0. The predicted molar refractivity (Wildman–Crippen MR) is 220 cm³/mol. The van der Waals surface area contributed by atoms with Crippen molar-refractivity contribution in [3.8, 4) is 56.5 Å². The van der Waals surface area contributed by atoms with Gasteiger partial charge in [0.25, 0.3) is 0 Å². The summed E-state index contributed by atoms with van der Waals surface area (Å²) in [5, 5.41) is 2.34. The zero-order valence-electron chi connectivity index (χ0n) is 29.4. The van der Waals surface area contributed by atoms with E-state index < -0.39 is 5.41 Å². The van der Waals surface area contributed by atoms with Crippen molar-refractivity contribution in [3.63, 3.8) is 0 Å². The maximum Gasteiger partial charge on any atom is 0.160 e. The second kappa shape index (κ2) is 13.1. The maximum absolute atomic E-state index is 6.60. The van der Waals surface area contributed by atoms with E-state index in [9.17, 15) is 0 Å². The fourth-order valence-corrected chi connectivity index (χ4v) is 8.25. The second-order valence-corrected chi connectivity index (χ2v) is 13.7. The average molecular weight is 691 g/mol. The van der Waals surface area contributed by atoms with Gasteiger partial charge in [-0.3, -0.25) is 0 Å². The van der Waals surface area contributed by atoms with Gasteiger partial charge in [-0.25, -0.2) is 9.97 Å². The highest BCUT2D eigenvalue weighted by molar-refractivity contribution is 5.96. The molecule has 8 aromatic carbocycles. The first kappa shape index (κ1) is 31.6. The summed E-state index contributed by atoms with van der Waals surface area (Å²) in [6, 6.07) is 72.6. The first-order valence-electron chi connectivity index (χ1n) is 18.3. The van der Waals surface area contributed by atoms with Crippen LogP contribution >= 0.6 is 0 Å². The van der Waals surface area contributed by atoms with Crippen LogP contribution in [0.2, 0.25) is 0 Å². The van der Waals surface area contributed by atoms with Crippen molar-refractivity contribution >= 4 is 10.8 Å². The van der Waals surface area contributed by atoms with Gasteiger partial charge in [0.05, 0.1) is 16.8 Å². The van der Waals surface area contributed by atoms with Crippen LogP contribution < -0.4 is 4.74 Å². The van der Waals surface area contributed by atoms with E-state index in [1.54, 1.807) is 0 Å². The minimum absolute atomic E-state index is 0.648. The largest absolute Gasteiger partial charge is 0.457 e. The van der Waals surface area contributed by atoms with Crippen LogP contribution in [0, 0.1) is 0 Å². The van der Waals surface area contributed by atoms with E-state index in [0.717, 1.165) is 67.2 Å². The van der Waals surface area contributed by atoms with Gasteiger partial charge in [0.1, 0.15) is 11.5 Å². The standard InChI is InChI=1S/C51H34N2O/c1-3-18-36(19-4-1)46-34-47(42-27-16-20-35-17-7-8-25-40(35)42)53-50(52-46)38-22-15-21-37(33-38)41-26-9-10-28-43(41)51(39-23-5-2-6-24-39)44-29-11-13-31-48(44)54-49-32-14-12-30-45(49)51/h1-34H. The monoisotopic (exact) mass is 690 g/mol. The van der Waals surface area contributed by atoms with Crippen LogP contribution in [-0.2, 0) is 5.41 Å². The molecule has 0 N–H and O–H groups in total. The van der Waals surface area contributed by atoms with E-state index in [1.165, 1.54) is 16.5 Å². The smallest absolute Gasteiger partial charge is 0.160 e. The molecule has 0 saturated heterocycles. The molecular formula is C51H34N2O. The first-order chi connectivity index (χ1) is 26.8. The molecule has 3 nitrogen and oxygen atoms in total. The minimum atomic E-state index is -0.648. The van der Waals surface area contributed by atoms with Crippen molar-refractivity contribution in [2.45, 2.75) is 5.41 Å². The number of hydrogen-bond acceptors (Lipinski definition) is 3. The number of aromatic nitrogens is 2. The van der Waals surface area contributed by atoms with Crippen LogP contribution in [0.25, 0.3) is 55.8 Å². The topological polar surface area (TPSA) is 35.0 Å². The molecule has 1 aliphatic rings. The lowest BCUT2D eigenvalue weighted by Crippen LogP contribution is -2.34. The highest BCUT2D eigenvalue weighted by atomic mass is 16.5. The Morgan fingerprint density at radius 2 is 0.907 bits per heavy atom. The number of fused-ring (bicyclic) bond motifs is 3. The molecule has 10 rings (SSSR count). The van der Waals surface area contributed by atoms with Gasteiger partial charge >= 0.3 is 0 Å². The average Bonchev–Trinajstić information content (AvgIpc) is 3.26. The molecule has 0 spiro atoms. The second-order valence-electron chi connectivity index (χ2n) is 13.7. The Balaban J connectivity index is 1.20. The van der Waals surface area contributed by atoms with Gasteiger partial charge < -0.3 is 4.74 Å². The molecule has 3 heteroatoms. The minimum Gasteiger partial charge on any atom is -0.457 e. The zero-order chi connectivity index (χ0) is 35.9. The van der Waals surface area contributed by atoms with Crippen LogP contribution in [0.3, 0.4) is 0 Å². The highest BCUT2D eigenvalue weighted by Crippen LogP contribution is 2.56. The van der Waals surface area contributed by atoms with Crippen molar-refractivity contribution in [3.05, 3.63) is 229 Å². The van der Waals surface area contributed by atoms with E-state index in [2.05, 4.69) is 188 Å². The molecule has 1 aliphatic heterocycles. The molecule has 2 heterocycles. The van der Waals surface area contributed by atoms with Gasteiger partial charge in [0.15, 0.2) is 5.82 Å². The Hall–Kier alpha value is -7.10. The van der Waals surface area contributed by atoms with Gasteiger partial charge in [0, 0.05) is 27.8 Å². The summed E-state index contributed by atoms with van der Waals surface area (Å²) in [5.74, 6) is 2.39. The van der Waals surface area contributed by atoms with Crippen molar-refractivity contribution in [1.29, 1.82) is 0 Å². The summed E-state index contributed by atoms with van der Waals surface area (Å²) in [6.45, 7) is 0. The lowest BCUT2D eigenvalue weighted by molar-refractivity contribution is 0.434. The van der Waals surface area contributed by atoms with Gasteiger partial charge in [-0.15, -0.1) is 0 Å². The Morgan fingerprint density at radius 3 is 1.69 bits per heavy atom. The molecule has 0 saturated carbocycles. The van der Waals surface area contributed by atoms with E-state index in [0.29, 0.717) is 5.82 Å². The molecule has 0 radical (unpaired) electrons. The van der Waals surface area contributed by atoms with Gasteiger partial charge in [-0.05, 0) is 57.3 Å². The molecular weight excluding hydrogens is 657 g/mol. The third-order valence-corrected chi connectivity index (χ3v) is 10.6. The summed E-state index contributed by atoms with van der Waals surface area (Å²) in [7, 11) is 0. The van der Waals surface area contributed by atoms with Crippen LogP contribution in [0.15, 0.2) is 206 Å². The molecule has 0 unspecified atom stereocenters. The fraction of sp³-hybridized carbons (Fsp3) is 0.0196. The normalized spacial score (nSPS) is 12.7. The molecule has 1 aromatic heterocycles. The number of hydrogen-bond donors (Lipinski definition) is 0. The third kappa shape index (κ3) is 5.21. The van der Waals surface area contributed by atoms with E-state index >= 15 is 0 Å². The quantitative estimate of drug-likeness (QED) is 0.174. The van der Waals surface area contributed by atoms with E-state index in [1.807, 2.05) is 18.2 Å². The summed E-state index contributed by atoms with van der Waals surface area (Å²) in [6.07, 6.45) is 0. The van der Waals surface area contributed by atoms with Crippen LogP contribution in [0.5, 0.6) is 11.5 Å². The molecule has 54 heavy (non-hydrogen) atoms. The summed E-state index contributed by atoms with van der Waals surface area (Å²) < 4.78 is 6.60. The fourth-order valence-electron chi connectivity index (χ4n) is 8.25. The Morgan fingerprint density at radius 1 is 0.370 bits per heavy atom. The molecule has 0 atom stereocenters. The van der Waals surface area contributed by atoms with Crippen LogP contribution in [-0.4, -0.2) is 9.97 Å². The van der Waals surface area contributed by atoms with E-state index in [4.69, 9.17) is 14.7 Å². The molecule has 0 fully saturated rings. The zero-order valence-corrected chi connectivity index (χ0v) is 29.4. The van der Waals surface area contributed by atoms with E-state index in [-0.39, 0.29) is 0 Å². The molecule has 0 amide bonds. The summed E-state index contributed by atoms with van der Waals surface area (Å²) >= 11 is 0. The lowest BCUT2D eigenvalue weighted by Gasteiger charge is -2.42. The molecule has 0 aliphatic carbocycles. The van der Waals surface area contributed by atoms with Crippen LogP contribution in [0.1, 0.15) is 22.3 Å². The molecule has 0 bridgehead atoms. The number of nitrogens with zero attached hydrogens (tertiary/aromatic N) is 2. The third-order valence-electron chi connectivity index (χ3n) is 10.6. The van der Waals surface area contributed by atoms with Crippen LogP contribution in [0.4, 0.5) is 0 Å². The maximum atomic E-state index is 6.60. The van der Waals surface area contributed by atoms with Crippen molar-refractivity contribution in [2.75, 3.05) is 0 Å². The number of benzene rings is 8. The Bertz CT molecular complexity index is 2760. The first-order valence-corrected chi connectivity index (χ1v) is 18.3. The van der Waals surface area contributed by atoms with Crippen molar-refractivity contribution in [2.24, 2.45) is 0 Å². The SMILES string of the molecule is c1ccc(-c2cc(-c3cccc4ccccc34)nc(-c3cccc(-c4ccccc4C4(c5ccccc5)c5ccccc5Oc5ccccc54)c3)n2)cc1. The Labute approximate surface area is 314 Å². The van der Waals surface area contributed by atoms with Crippen molar-refractivity contribution < 1.29 is 4.74 Å². The number of para-hydroxylation sites is 2. The summed E-state index contributed by atoms with van der Waals surface area (Å²) in [4.78, 5) is 10.5.